The van der Waals surface area contributed by atoms with Crippen molar-refractivity contribution < 1.29 is 5.11 Å². The number of anilines is 1. The summed E-state index contributed by atoms with van der Waals surface area (Å²) in [5.41, 5.74) is 8.57. The van der Waals surface area contributed by atoms with Crippen molar-refractivity contribution in [1.82, 2.24) is 0 Å². The SMILES string of the molecule is CC[C@H](N)c1ccccc1N(CCO)C1CC1. The third kappa shape index (κ3) is 2.79. The van der Waals surface area contributed by atoms with Crippen LogP contribution in [-0.4, -0.2) is 24.3 Å². The summed E-state index contributed by atoms with van der Waals surface area (Å²) in [7, 11) is 0. The number of para-hydroxylation sites is 1. The highest BCUT2D eigenvalue weighted by Crippen LogP contribution is 2.35. The second-order valence-electron chi connectivity index (χ2n) is 4.72. The lowest BCUT2D eigenvalue weighted by molar-refractivity contribution is 0.301. The Labute approximate surface area is 103 Å². The number of aliphatic hydroxyl groups is 1. The molecule has 3 nitrogen and oxygen atoms in total. The monoisotopic (exact) mass is 234 g/mol. The predicted octanol–water partition coefficient (Wildman–Crippen LogP) is 2.06. The molecule has 0 aromatic heterocycles. The zero-order chi connectivity index (χ0) is 12.3. The van der Waals surface area contributed by atoms with Crippen LogP contribution in [0.2, 0.25) is 0 Å². The van der Waals surface area contributed by atoms with Crippen LogP contribution in [0.15, 0.2) is 24.3 Å². The van der Waals surface area contributed by atoms with Gasteiger partial charge in [0.15, 0.2) is 0 Å². The summed E-state index contributed by atoms with van der Waals surface area (Å²) < 4.78 is 0. The zero-order valence-corrected chi connectivity index (χ0v) is 10.5. The molecule has 3 heteroatoms. The molecule has 94 valence electrons. The van der Waals surface area contributed by atoms with Crippen molar-refractivity contribution in [3.63, 3.8) is 0 Å². The van der Waals surface area contributed by atoms with Crippen molar-refractivity contribution in [3.05, 3.63) is 29.8 Å². The first-order valence-corrected chi connectivity index (χ1v) is 6.50. The lowest BCUT2D eigenvalue weighted by Gasteiger charge is -2.28. The summed E-state index contributed by atoms with van der Waals surface area (Å²) >= 11 is 0. The van der Waals surface area contributed by atoms with Crippen LogP contribution in [0.3, 0.4) is 0 Å². The summed E-state index contributed by atoms with van der Waals surface area (Å²) in [4.78, 5) is 2.31. The maximum Gasteiger partial charge on any atom is 0.0606 e. The predicted molar refractivity (Wildman–Crippen MR) is 71.1 cm³/mol. The molecule has 0 unspecified atom stereocenters. The molecule has 1 aromatic rings. The van der Waals surface area contributed by atoms with Gasteiger partial charge in [0.1, 0.15) is 0 Å². The molecule has 0 saturated heterocycles. The van der Waals surface area contributed by atoms with E-state index in [1.165, 1.54) is 24.1 Å². The van der Waals surface area contributed by atoms with Crippen molar-refractivity contribution in [3.8, 4) is 0 Å². The first-order chi connectivity index (χ1) is 8.27. The maximum atomic E-state index is 9.19. The Morgan fingerprint density at radius 3 is 2.71 bits per heavy atom. The molecule has 1 atom stereocenters. The Morgan fingerprint density at radius 1 is 1.41 bits per heavy atom. The molecule has 1 aromatic carbocycles. The molecule has 2 rings (SSSR count). The topological polar surface area (TPSA) is 49.5 Å². The van der Waals surface area contributed by atoms with Crippen LogP contribution >= 0.6 is 0 Å². The first-order valence-electron chi connectivity index (χ1n) is 6.50. The van der Waals surface area contributed by atoms with Crippen LogP contribution in [0.4, 0.5) is 5.69 Å². The Bertz CT molecular complexity index is 363. The molecule has 1 saturated carbocycles. The van der Waals surface area contributed by atoms with Gasteiger partial charge in [-0.3, -0.25) is 0 Å². The summed E-state index contributed by atoms with van der Waals surface area (Å²) in [5, 5.41) is 9.19. The van der Waals surface area contributed by atoms with Crippen LogP contribution in [0.5, 0.6) is 0 Å². The standard InChI is InChI=1S/C14H22N2O/c1-2-13(15)12-5-3-4-6-14(12)16(9-10-17)11-7-8-11/h3-6,11,13,17H,2,7-10,15H2,1H3/t13-/m0/s1. The van der Waals surface area contributed by atoms with E-state index in [4.69, 9.17) is 5.73 Å². The fourth-order valence-corrected chi connectivity index (χ4v) is 2.28. The van der Waals surface area contributed by atoms with E-state index in [2.05, 4.69) is 24.0 Å². The highest BCUT2D eigenvalue weighted by Gasteiger charge is 2.30. The zero-order valence-electron chi connectivity index (χ0n) is 10.5. The largest absolute Gasteiger partial charge is 0.395 e. The fourth-order valence-electron chi connectivity index (χ4n) is 2.28. The molecular weight excluding hydrogens is 212 g/mol. The molecule has 0 amide bonds. The quantitative estimate of drug-likeness (QED) is 0.792. The third-order valence-electron chi connectivity index (χ3n) is 3.41. The molecule has 0 aliphatic heterocycles. The molecule has 1 fully saturated rings. The molecule has 1 aliphatic carbocycles. The number of rotatable bonds is 6. The van der Waals surface area contributed by atoms with Gasteiger partial charge in [-0.05, 0) is 30.9 Å². The van der Waals surface area contributed by atoms with E-state index >= 15 is 0 Å². The molecule has 0 spiro atoms. The van der Waals surface area contributed by atoms with Gasteiger partial charge in [0, 0.05) is 24.3 Å². The van der Waals surface area contributed by atoms with Crippen LogP contribution in [0, 0.1) is 0 Å². The second kappa shape index (κ2) is 5.52. The average molecular weight is 234 g/mol. The summed E-state index contributed by atoms with van der Waals surface area (Å²) in [6, 6.07) is 9.01. The minimum atomic E-state index is 0.0890. The van der Waals surface area contributed by atoms with Crippen molar-refractivity contribution in [2.45, 2.75) is 38.3 Å². The van der Waals surface area contributed by atoms with Crippen molar-refractivity contribution in [2.24, 2.45) is 5.73 Å². The third-order valence-corrected chi connectivity index (χ3v) is 3.41. The molecule has 17 heavy (non-hydrogen) atoms. The fraction of sp³-hybridized carbons (Fsp3) is 0.571. The molecule has 0 heterocycles. The van der Waals surface area contributed by atoms with Crippen LogP contribution < -0.4 is 10.6 Å². The van der Waals surface area contributed by atoms with Gasteiger partial charge in [0.2, 0.25) is 0 Å². The van der Waals surface area contributed by atoms with Gasteiger partial charge in [0.25, 0.3) is 0 Å². The van der Waals surface area contributed by atoms with Gasteiger partial charge in [0.05, 0.1) is 6.61 Å². The highest BCUT2D eigenvalue weighted by molar-refractivity contribution is 5.56. The van der Waals surface area contributed by atoms with Crippen LogP contribution in [-0.2, 0) is 0 Å². The molecule has 3 N–H and O–H groups in total. The number of benzene rings is 1. The lowest BCUT2D eigenvalue weighted by atomic mass is 10.0. The van der Waals surface area contributed by atoms with E-state index in [1.54, 1.807) is 0 Å². The van der Waals surface area contributed by atoms with Gasteiger partial charge >= 0.3 is 0 Å². The van der Waals surface area contributed by atoms with E-state index in [-0.39, 0.29) is 12.6 Å². The Balaban J connectivity index is 2.28. The van der Waals surface area contributed by atoms with Crippen LogP contribution in [0.25, 0.3) is 0 Å². The number of hydrogen-bond donors (Lipinski definition) is 2. The van der Waals surface area contributed by atoms with Crippen molar-refractivity contribution in [1.29, 1.82) is 0 Å². The Kier molecular flexibility index (Phi) is 4.02. The number of nitrogens with two attached hydrogens (primary N) is 1. The van der Waals surface area contributed by atoms with Gasteiger partial charge in [-0.15, -0.1) is 0 Å². The highest BCUT2D eigenvalue weighted by atomic mass is 16.3. The summed E-state index contributed by atoms with van der Waals surface area (Å²) in [5.74, 6) is 0. The van der Waals surface area contributed by atoms with Gasteiger partial charge in [-0.2, -0.15) is 0 Å². The number of nitrogens with zero attached hydrogens (tertiary/aromatic N) is 1. The van der Waals surface area contributed by atoms with Crippen LogP contribution in [0.1, 0.15) is 37.8 Å². The molecule has 0 bridgehead atoms. The minimum absolute atomic E-state index is 0.0890. The lowest BCUT2D eigenvalue weighted by Crippen LogP contribution is -2.30. The normalized spacial score (nSPS) is 16.9. The van der Waals surface area contributed by atoms with E-state index in [9.17, 15) is 5.11 Å². The molecular formula is C14H22N2O. The van der Waals surface area contributed by atoms with Gasteiger partial charge in [-0.1, -0.05) is 25.1 Å². The van der Waals surface area contributed by atoms with E-state index < -0.39 is 0 Å². The Hall–Kier alpha value is -1.06. The van der Waals surface area contributed by atoms with E-state index in [0.29, 0.717) is 12.6 Å². The van der Waals surface area contributed by atoms with E-state index in [0.717, 1.165) is 6.42 Å². The second-order valence-corrected chi connectivity index (χ2v) is 4.72. The Morgan fingerprint density at radius 2 is 2.12 bits per heavy atom. The molecule has 1 aliphatic rings. The van der Waals surface area contributed by atoms with E-state index in [1.807, 2.05) is 12.1 Å². The first kappa shape index (κ1) is 12.4. The summed E-state index contributed by atoms with van der Waals surface area (Å²) in [6.07, 6.45) is 3.40. The smallest absolute Gasteiger partial charge is 0.0606 e. The van der Waals surface area contributed by atoms with Gasteiger partial charge in [-0.25, -0.2) is 0 Å². The minimum Gasteiger partial charge on any atom is -0.395 e. The van der Waals surface area contributed by atoms with Crippen molar-refractivity contribution in [2.75, 3.05) is 18.1 Å². The van der Waals surface area contributed by atoms with Crippen molar-refractivity contribution >= 4 is 5.69 Å². The summed E-state index contributed by atoms with van der Waals surface area (Å²) in [6.45, 7) is 3.01. The van der Waals surface area contributed by atoms with Gasteiger partial charge < -0.3 is 15.7 Å². The number of hydrogen-bond acceptors (Lipinski definition) is 3. The number of aliphatic hydroxyl groups excluding tert-OH is 1. The molecule has 0 radical (unpaired) electrons. The average Bonchev–Trinajstić information content (AvgIpc) is 3.19. The maximum absolute atomic E-state index is 9.19.